The predicted molar refractivity (Wildman–Crippen MR) is 103 cm³/mol. The highest BCUT2D eigenvalue weighted by Gasteiger charge is 2.24. The fourth-order valence-electron chi connectivity index (χ4n) is 2.56. The molecule has 0 bridgehead atoms. The number of hydrogen-bond acceptors (Lipinski definition) is 4. The van der Waals surface area contributed by atoms with Crippen LogP contribution in [-0.2, 0) is 9.53 Å². The van der Waals surface area contributed by atoms with Crippen molar-refractivity contribution in [2.45, 2.75) is 24.1 Å². The van der Waals surface area contributed by atoms with Gasteiger partial charge in [0.05, 0.1) is 12.1 Å². The van der Waals surface area contributed by atoms with Crippen molar-refractivity contribution in [1.29, 1.82) is 0 Å². The number of halogens is 1. The minimum absolute atomic E-state index is 0.254. The number of fused-ring (bicyclic) bond motifs is 1. The van der Waals surface area contributed by atoms with E-state index in [1.807, 2.05) is 68.4 Å². The number of carbonyl (C=O) groups excluding carboxylic acids is 1. The summed E-state index contributed by atoms with van der Waals surface area (Å²) in [5, 5.41) is 2.04. The van der Waals surface area contributed by atoms with Gasteiger partial charge in [-0.05, 0) is 49.2 Å². The molecule has 1 heterocycles. The van der Waals surface area contributed by atoms with Crippen LogP contribution in [0.2, 0.25) is 5.02 Å². The van der Waals surface area contributed by atoms with Crippen LogP contribution in [0, 0.1) is 6.92 Å². The molecule has 0 radical (unpaired) electrons. The Morgan fingerprint density at radius 2 is 1.96 bits per heavy atom. The van der Waals surface area contributed by atoms with E-state index >= 15 is 0 Å². The van der Waals surface area contributed by atoms with Crippen molar-refractivity contribution in [2.24, 2.45) is 0 Å². The lowest BCUT2D eigenvalue weighted by Crippen LogP contribution is -2.13. The van der Waals surface area contributed by atoms with E-state index in [1.165, 1.54) is 11.8 Å². The van der Waals surface area contributed by atoms with Crippen molar-refractivity contribution >= 4 is 40.2 Å². The minimum atomic E-state index is -0.447. The van der Waals surface area contributed by atoms with E-state index in [1.54, 1.807) is 0 Å². The van der Waals surface area contributed by atoms with Crippen molar-refractivity contribution in [2.75, 3.05) is 6.61 Å². The summed E-state index contributed by atoms with van der Waals surface area (Å²) in [7, 11) is 0. The van der Waals surface area contributed by atoms with E-state index in [0.29, 0.717) is 11.6 Å². The molecule has 3 nitrogen and oxygen atoms in total. The molecule has 0 saturated carbocycles. The second-order valence-electron chi connectivity index (χ2n) is 5.61. The second kappa shape index (κ2) is 7.89. The number of aromatic nitrogens is 1. The maximum absolute atomic E-state index is 12.5. The summed E-state index contributed by atoms with van der Waals surface area (Å²) < 4.78 is 5.27. The molecule has 0 aliphatic rings. The van der Waals surface area contributed by atoms with E-state index in [-0.39, 0.29) is 5.97 Å². The average molecular weight is 372 g/mol. The summed E-state index contributed by atoms with van der Waals surface area (Å²) in [5.41, 5.74) is 2.77. The lowest BCUT2D eigenvalue weighted by Gasteiger charge is -2.16. The average Bonchev–Trinajstić information content (AvgIpc) is 2.61. The third-order valence-electron chi connectivity index (χ3n) is 3.75. The van der Waals surface area contributed by atoms with Crippen molar-refractivity contribution < 1.29 is 9.53 Å². The lowest BCUT2D eigenvalue weighted by atomic mass is 10.1. The first-order valence-corrected chi connectivity index (χ1v) is 9.29. The standard InChI is InChI=1S/C20H18ClNO2S/c1-3-24-20(23)18(14-7-5-4-6-8-14)25-19-13(2)11-15-12-16(21)9-10-17(15)22-19/h4-12,18H,3H2,1-2H3. The maximum atomic E-state index is 12.5. The first-order chi connectivity index (χ1) is 12.1. The van der Waals surface area contributed by atoms with E-state index in [0.717, 1.165) is 27.1 Å². The largest absolute Gasteiger partial charge is 0.465 e. The first kappa shape index (κ1) is 17.8. The SMILES string of the molecule is CCOC(=O)C(Sc1nc2ccc(Cl)cc2cc1C)c1ccccc1. The molecule has 0 saturated heterocycles. The molecule has 0 amide bonds. The molecule has 5 heteroatoms. The third kappa shape index (κ3) is 4.14. The van der Waals surface area contributed by atoms with Gasteiger partial charge in [0.25, 0.3) is 0 Å². The first-order valence-electron chi connectivity index (χ1n) is 8.03. The van der Waals surface area contributed by atoms with Crippen LogP contribution < -0.4 is 0 Å². The number of rotatable bonds is 5. The molecule has 1 atom stereocenters. The Bertz CT molecular complexity index is 899. The van der Waals surface area contributed by atoms with Crippen LogP contribution in [0.3, 0.4) is 0 Å². The van der Waals surface area contributed by atoms with Crippen LogP contribution in [0.15, 0.2) is 59.6 Å². The highest BCUT2D eigenvalue weighted by molar-refractivity contribution is 8.00. The number of benzene rings is 2. The second-order valence-corrected chi connectivity index (χ2v) is 7.14. The molecule has 128 valence electrons. The molecule has 1 aromatic heterocycles. The Balaban J connectivity index is 1.99. The number of thioether (sulfide) groups is 1. The van der Waals surface area contributed by atoms with Gasteiger partial charge in [0.15, 0.2) is 0 Å². The Morgan fingerprint density at radius 3 is 2.68 bits per heavy atom. The number of pyridine rings is 1. The van der Waals surface area contributed by atoms with Gasteiger partial charge in [-0.25, -0.2) is 4.98 Å². The monoisotopic (exact) mass is 371 g/mol. The number of aryl methyl sites for hydroxylation is 1. The summed E-state index contributed by atoms with van der Waals surface area (Å²) in [6.45, 7) is 4.15. The Hall–Kier alpha value is -2.04. The van der Waals surface area contributed by atoms with Gasteiger partial charge in [-0.1, -0.05) is 53.7 Å². The van der Waals surface area contributed by atoms with E-state index in [9.17, 15) is 4.79 Å². The summed E-state index contributed by atoms with van der Waals surface area (Å²) >= 11 is 7.47. The predicted octanol–water partition coefficient (Wildman–Crippen LogP) is 5.59. The molecule has 3 aromatic rings. The third-order valence-corrected chi connectivity index (χ3v) is 5.33. The van der Waals surface area contributed by atoms with E-state index in [4.69, 9.17) is 21.3 Å². The smallest absolute Gasteiger partial charge is 0.324 e. The highest BCUT2D eigenvalue weighted by atomic mass is 35.5. The molecule has 0 aliphatic heterocycles. The zero-order valence-corrected chi connectivity index (χ0v) is 15.6. The van der Waals surface area contributed by atoms with Crippen LogP contribution in [0.1, 0.15) is 23.3 Å². The Kier molecular flexibility index (Phi) is 5.61. The van der Waals surface area contributed by atoms with Crippen LogP contribution in [0.25, 0.3) is 10.9 Å². The normalized spacial score (nSPS) is 12.1. The van der Waals surface area contributed by atoms with Gasteiger partial charge in [-0.2, -0.15) is 0 Å². The van der Waals surface area contributed by atoms with Gasteiger partial charge >= 0.3 is 5.97 Å². The summed E-state index contributed by atoms with van der Waals surface area (Å²) in [5.74, 6) is -0.254. The highest BCUT2D eigenvalue weighted by Crippen LogP contribution is 2.38. The number of ether oxygens (including phenoxy) is 1. The number of nitrogens with zero attached hydrogens (tertiary/aromatic N) is 1. The van der Waals surface area contributed by atoms with Gasteiger partial charge < -0.3 is 4.74 Å². The molecule has 2 aromatic carbocycles. The van der Waals surface area contributed by atoms with Crippen LogP contribution >= 0.6 is 23.4 Å². The number of esters is 1. The number of hydrogen-bond donors (Lipinski definition) is 0. The summed E-state index contributed by atoms with van der Waals surface area (Å²) in [4.78, 5) is 17.2. The van der Waals surface area contributed by atoms with E-state index < -0.39 is 5.25 Å². The molecule has 3 rings (SSSR count). The number of carbonyl (C=O) groups is 1. The summed E-state index contributed by atoms with van der Waals surface area (Å²) in [6, 6.07) is 17.3. The van der Waals surface area contributed by atoms with Crippen molar-refractivity contribution in [1.82, 2.24) is 4.98 Å². The molecule has 0 spiro atoms. The lowest BCUT2D eigenvalue weighted by molar-refractivity contribution is -0.142. The molecule has 1 unspecified atom stereocenters. The maximum Gasteiger partial charge on any atom is 0.324 e. The molecule has 0 fully saturated rings. The van der Waals surface area contributed by atoms with E-state index in [2.05, 4.69) is 0 Å². The molecule has 25 heavy (non-hydrogen) atoms. The van der Waals surface area contributed by atoms with Gasteiger partial charge in [0.2, 0.25) is 0 Å². The minimum Gasteiger partial charge on any atom is -0.465 e. The van der Waals surface area contributed by atoms with Crippen LogP contribution in [0.4, 0.5) is 0 Å². The zero-order chi connectivity index (χ0) is 17.8. The van der Waals surface area contributed by atoms with Gasteiger partial charge in [0.1, 0.15) is 10.3 Å². The topological polar surface area (TPSA) is 39.2 Å². The Labute approximate surface area is 156 Å². The van der Waals surface area contributed by atoms with Crippen molar-refractivity contribution in [3.05, 3.63) is 70.7 Å². The van der Waals surface area contributed by atoms with Crippen molar-refractivity contribution in [3.63, 3.8) is 0 Å². The quantitative estimate of drug-likeness (QED) is 0.432. The van der Waals surface area contributed by atoms with Gasteiger partial charge in [-0.3, -0.25) is 4.79 Å². The summed E-state index contributed by atoms with van der Waals surface area (Å²) in [6.07, 6.45) is 0. The molecular formula is C20H18ClNO2S. The fourth-order valence-corrected chi connectivity index (χ4v) is 3.82. The Morgan fingerprint density at radius 1 is 1.20 bits per heavy atom. The van der Waals surface area contributed by atoms with Crippen LogP contribution in [0.5, 0.6) is 0 Å². The zero-order valence-electron chi connectivity index (χ0n) is 14.0. The molecule has 0 aliphatic carbocycles. The van der Waals surface area contributed by atoms with Crippen molar-refractivity contribution in [3.8, 4) is 0 Å². The molecule has 0 N–H and O–H groups in total. The van der Waals surface area contributed by atoms with Gasteiger partial charge in [0, 0.05) is 10.4 Å². The fraction of sp³-hybridized carbons (Fsp3) is 0.200. The van der Waals surface area contributed by atoms with Crippen LogP contribution in [-0.4, -0.2) is 17.6 Å². The van der Waals surface area contributed by atoms with Gasteiger partial charge in [-0.15, -0.1) is 0 Å². The molecular weight excluding hydrogens is 354 g/mol.